The van der Waals surface area contributed by atoms with Crippen molar-refractivity contribution < 1.29 is 22.7 Å². The first-order chi connectivity index (χ1) is 12.5. The van der Waals surface area contributed by atoms with E-state index < -0.39 is 17.5 Å². The Balaban J connectivity index is 1.61. The second-order valence-corrected chi connectivity index (χ2v) is 8.44. The number of hydrogen-bond donors (Lipinski definition) is 0. The maximum absolute atomic E-state index is 12.9. The minimum Gasteiger partial charge on any atom is -0.444 e. The monoisotopic (exact) mass is 386 g/mol. The Morgan fingerprint density at radius 3 is 2.37 bits per heavy atom. The molecule has 0 atom stereocenters. The second kappa shape index (κ2) is 6.83. The van der Waals surface area contributed by atoms with E-state index in [-0.39, 0.29) is 11.5 Å². The molecule has 0 unspecified atom stereocenters. The van der Waals surface area contributed by atoms with Crippen LogP contribution in [0.25, 0.3) is 0 Å². The van der Waals surface area contributed by atoms with Crippen molar-refractivity contribution in [2.24, 2.45) is 5.41 Å². The number of aromatic nitrogens is 2. The first-order valence-corrected chi connectivity index (χ1v) is 9.10. The first-order valence-electron chi connectivity index (χ1n) is 9.10. The molecule has 2 fully saturated rings. The van der Waals surface area contributed by atoms with Gasteiger partial charge >= 0.3 is 12.3 Å². The zero-order valence-corrected chi connectivity index (χ0v) is 15.8. The third-order valence-electron chi connectivity index (χ3n) is 5.21. The van der Waals surface area contributed by atoms with Gasteiger partial charge in [0.2, 0.25) is 0 Å². The molecule has 6 nitrogen and oxygen atoms in total. The standard InChI is InChI=1S/C18H25F3N4O2/c1-16(2,3)27-15(26)24-7-4-17(5-8-24)6-9-25(12-17)13-10-14(18(19,20)21)23-22-11-13/h10-11H,4-9,12H2,1-3H3. The van der Waals surface area contributed by atoms with Gasteiger partial charge in [0, 0.05) is 26.2 Å². The highest BCUT2D eigenvalue weighted by atomic mass is 19.4. The van der Waals surface area contributed by atoms with Crippen molar-refractivity contribution >= 4 is 11.8 Å². The normalized spacial score (nSPS) is 20.2. The molecule has 9 heteroatoms. The largest absolute Gasteiger partial charge is 0.444 e. The van der Waals surface area contributed by atoms with Gasteiger partial charge < -0.3 is 14.5 Å². The molecule has 1 amide bonds. The van der Waals surface area contributed by atoms with Crippen LogP contribution in [0, 0.1) is 5.41 Å². The van der Waals surface area contributed by atoms with Gasteiger partial charge in [-0.15, -0.1) is 5.10 Å². The number of halogens is 3. The summed E-state index contributed by atoms with van der Waals surface area (Å²) in [6, 6.07) is 1.06. The number of carbonyl (C=O) groups excluding carboxylic acids is 1. The van der Waals surface area contributed by atoms with Crippen LogP contribution in [-0.2, 0) is 10.9 Å². The second-order valence-electron chi connectivity index (χ2n) is 8.44. The Labute approximate surface area is 156 Å². The van der Waals surface area contributed by atoms with Crippen LogP contribution in [0.15, 0.2) is 12.3 Å². The van der Waals surface area contributed by atoms with Gasteiger partial charge in [-0.2, -0.15) is 18.3 Å². The van der Waals surface area contributed by atoms with Gasteiger partial charge in [0.25, 0.3) is 0 Å². The van der Waals surface area contributed by atoms with Crippen LogP contribution in [0.4, 0.5) is 23.7 Å². The van der Waals surface area contributed by atoms with Gasteiger partial charge in [0.15, 0.2) is 5.69 Å². The predicted octanol–water partition coefficient (Wildman–Crippen LogP) is 3.72. The molecule has 150 valence electrons. The lowest BCUT2D eigenvalue weighted by molar-refractivity contribution is -0.141. The highest BCUT2D eigenvalue weighted by molar-refractivity contribution is 5.68. The molecule has 0 aromatic carbocycles. The topological polar surface area (TPSA) is 58.6 Å². The average molecular weight is 386 g/mol. The van der Waals surface area contributed by atoms with Crippen molar-refractivity contribution in [1.29, 1.82) is 0 Å². The van der Waals surface area contributed by atoms with Crippen LogP contribution in [0.2, 0.25) is 0 Å². The fourth-order valence-electron chi connectivity index (χ4n) is 3.72. The molecular weight excluding hydrogens is 361 g/mol. The number of amides is 1. The van der Waals surface area contributed by atoms with E-state index in [0.717, 1.165) is 25.3 Å². The molecule has 1 aromatic rings. The number of anilines is 1. The zero-order chi connectivity index (χ0) is 19.9. The Kier molecular flexibility index (Phi) is 4.98. The summed E-state index contributed by atoms with van der Waals surface area (Å²) < 4.78 is 44.0. The van der Waals surface area contributed by atoms with Crippen molar-refractivity contribution in [2.45, 2.75) is 51.8 Å². The quantitative estimate of drug-likeness (QED) is 0.736. The van der Waals surface area contributed by atoms with Crippen molar-refractivity contribution in [3.05, 3.63) is 18.0 Å². The maximum atomic E-state index is 12.9. The molecule has 3 rings (SSSR count). The van der Waals surface area contributed by atoms with E-state index in [9.17, 15) is 18.0 Å². The molecule has 0 bridgehead atoms. The molecule has 0 saturated carbocycles. The molecule has 2 aliphatic heterocycles. The molecule has 1 spiro atoms. The van der Waals surface area contributed by atoms with E-state index in [4.69, 9.17) is 4.74 Å². The molecule has 0 aliphatic carbocycles. The van der Waals surface area contributed by atoms with E-state index >= 15 is 0 Å². The molecule has 1 aromatic heterocycles. The molecule has 0 N–H and O–H groups in total. The molecule has 2 saturated heterocycles. The van der Waals surface area contributed by atoms with Crippen molar-refractivity contribution in [2.75, 3.05) is 31.1 Å². The SMILES string of the molecule is CC(C)(C)OC(=O)N1CCC2(CC1)CCN(c1cnnc(C(F)(F)F)c1)C2. The van der Waals surface area contributed by atoms with Gasteiger partial charge in [0.1, 0.15) is 5.60 Å². The summed E-state index contributed by atoms with van der Waals surface area (Å²) in [4.78, 5) is 15.9. The Morgan fingerprint density at radius 2 is 1.78 bits per heavy atom. The van der Waals surface area contributed by atoms with Gasteiger partial charge in [-0.25, -0.2) is 4.79 Å². The third-order valence-corrected chi connectivity index (χ3v) is 5.21. The van der Waals surface area contributed by atoms with Crippen LogP contribution in [-0.4, -0.2) is 53.0 Å². The fraction of sp³-hybridized carbons (Fsp3) is 0.722. The first kappa shape index (κ1) is 19.7. The smallest absolute Gasteiger partial charge is 0.435 e. The van der Waals surface area contributed by atoms with E-state index in [1.807, 2.05) is 25.7 Å². The molecule has 27 heavy (non-hydrogen) atoms. The highest BCUT2D eigenvalue weighted by Crippen LogP contribution is 2.42. The number of rotatable bonds is 1. The van der Waals surface area contributed by atoms with Crippen molar-refractivity contribution in [3.63, 3.8) is 0 Å². The number of alkyl halides is 3. The molecule has 3 heterocycles. The van der Waals surface area contributed by atoms with E-state index in [0.29, 0.717) is 31.9 Å². The Hall–Kier alpha value is -2.06. The number of likely N-dealkylation sites (tertiary alicyclic amines) is 1. The van der Waals surface area contributed by atoms with Crippen LogP contribution in [0.5, 0.6) is 0 Å². The summed E-state index contributed by atoms with van der Waals surface area (Å²) in [6.45, 7) is 8.05. The number of piperidine rings is 1. The van der Waals surface area contributed by atoms with Gasteiger partial charge in [-0.05, 0) is 51.5 Å². The minimum atomic E-state index is -4.50. The van der Waals surface area contributed by atoms with E-state index in [1.165, 1.54) is 6.20 Å². The Morgan fingerprint density at radius 1 is 1.15 bits per heavy atom. The number of ether oxygens (including phenoxy) is 1. The predicted molar refractivity (Wildman–Crippen MR) is 93.3 cm³/mol. The average Bonchev–Trinajstić information content (AvgIpc) is 2.97. The van der Waals surface area contributed by atoms with Gasteiger partial charge in [-0.1, -0.05) is 0 Å². The van der Waals surface area contributed by atoms with Crippen molar-refractivity contribution in [3.8, 4) is 0 Å². The fourth-order valence-corrected chi connectivity index (χ4v) is 3.72. The summed E-state index contributed by atoms with van der Waals surface area (Å²) >= 11 is 0. The summed E-state index contributed by atoms with van der Waals surface area (Å²) in [5, 5.41) is 6.70. The zero-order valence-electron chi connectivity index (χ0n) is 15.8. The maximum Gasteiger partial charge on any atom is 0.435 e. The highest BCUT2D eigenvalue weighted by Gasteiger charge is 2.42. The molecule has 2 aliphatic rings. The summed E-state index contributed by atoms with van der Waals surface area (Å²) in [6.07, 6.45) is -0.913. The van der Waals surface area contributed by atoms with Crippen LogP contribution < -0.4 is 4.90 Å². The number of nitrogens with zero attached hydrogens (tertiary/aromatic N) is 4. The van der Waals surface area contributed by atoms with Crippen LogP contribution in [0.3, 0.4) is 0 Å². The van der Waals surface area contributed by atoms with Gasteiger partial charge in [0.05, 0.1) is 11.9 Å². The minimum absolute atomic E-state index is 0.0141. The lowest BCUT2D eigenvalue weighted by atomic mass is 9.78. The number of hydrogen-bond acceptors (Lipinski definition) is 5. The summed E-state index contributed by atoms with van der Waals surface area (Å²) in [5.41, 5.74) is -1.04. The van der Waals surface area contributed by atoms with E-state index in [1.54, 1.807) is 4.90 Å². The van der Waals surface area contributed by atoms with Crippen molar-refractivity contribution in [1.82, 2.24) is 15.1 Å². The van der Waals surface area contributed by atoms with E-state index in [2.05, 4.69) is 10.2 Å². The Bertz CT molecular complexity index is 695. The summed E-state index contributed by atoms with van der Waals surface area (Å²) in [7, 11) is 0. The van der Waals surface area contributed by atoms with Gasteiger partial charge in [-0.3, -0.25) is 0 Å². The lowest BCUT2D eigenvalue weighted by Crippen LogP contribution is -2.46. The van der Waals surface area contributed by atoms with Crippen LogP contribution in [0.1, 0.15) is 45.7 Å². The summed E-state index contributed by atoms with van der Waals surface area (Å²) in [5.74, 6) is 0. The van der Waals surface area contributed by atoms with Crippen LogP contribution >= 0.6 is 0 Å². The lowest BCUT2D eigenvalue weighted by Gasteiger charge is -2.39. The molecular formula is C18H25F3N4O2. The third kappa shape index (κ3) is 4.62. The number of carbonyl (C=O) groups is 1. The molecule has 0 radical (unpaired) electrons.